The van der Waals surface area contributed by atoms with Crippen LogP contribution in [0.5, 0.6) is 0 Å². The van der Waals surface area contributed by atoms with Crippen LogP contribution in [0.3, 0.4) is 0 Å². The van der Waals surface area contributed by atoms with E-state index in [1.54, 1.807) is 0 Å². The average molecular weight is 416 g/mol. The minimum Gasteiger partial charge on any atom is -0.379 e. The molecule has 1 saturated heterocycles. The van der Waals surface area contributed by atoms with Gasteiger partial charge in [-0.3, -0.25) is 4.90 Å². The number of carbonyl (C=O) groups excluding carboxylic acids is 1. The van der Waals surface area contributed by atoms with Crippen molar-refractivity contribution in [1.82, 2.24) is 15.1 Å². The molecule has 1 aliphatic heterocycles. The van der Waals surface area contributed by atoms with Crippen LogP contribution in [-0.2, 0) is 16.7 Å². The van der Waals surface area contributed by atoms with Crippen molar-refractivity contribution >= 4 is 6.03 Å². The van der Waals surface area contributed by atoms with E-state index < -0.39 is 0 Å². The van der Waals surface area contributed by atoms with Crippen molar-refractivity contribution in [2.75, 3.05) is 39.4 Å². The minimum absolute atomic E-state index is 0.101. The highest BCUT2D eigenvalue weighted by Crippen LogP contribution is 2.23. The molecule has 1 N–H and O–H groups in total. The maximum atomic E-state index is 13.1. The normalized spacial score (nSPS) is 18.9. The van der Waals surface area contributed by atoms with Gasteiger partial charge in [0.1, 0.15) is 0 Å². The fourth-order valence-corrected chi connectivity index (χ4v) is 4.41. The number of hydrogen-bond donors (Lipinski definition) is 1. The summed E-state index contributed by atoms with van der Waals surface area (Å²) in [4.78, 5) is 17.6. The first kappa shape index (κ1) is 23.1. The van der Waals surface area contributed by atoms with E-state index in [1.807, 2.05) is 4.90 Å². The van der Waals surface area contributed by atoms with Gasteiger partial charge in [0.25, 0.3) is 0 Å². The van der Waals surface area contributed by atoms with Crippen LogP contribution in [0.2, 0.25) is 0 Å². The van der Waals surface area contributed by atoms with Crippen LogP contribution < -0.4 is 5.32 Å². The van der Waals surface area contributed by atoms with Gasteiger partial charge in [0.05, 0.1) is 13.2 Å². The highest BCUT2D eigenvalue weighted by molar-refractivity contribution is 5.74. The van der Waals surface area contributed by atoms with Crippen LogP contribution in [0.4, 0.5) is 4.79 Å². The van der Waals surface area contributed by atoms with Crippen molar-refractivity contribution in [3.63, 3.8) is 0 Å². The maximum Gasteiger partial charge on any atom is 0.317 e. The lowest BCUT2D eigenvalue weighted by Crippen LogP contribution is -2.46. The van der Waals surface area contributed by atoms with Gasteiger partial charge in [0.15, 0.2) is 0 Å². The van der Waals surface area contributed by atoms with Crippen molar-refractivity contribution in [3.05, 3.63) is 35.4 Å². The lowest BCUT2D eigenvalue weighted by Gasteiger charge is -2.30. The van der Waals surface area contributed by atoms with Gasteiger partial charge in [-0.15, -0.1) is 0 Å². The van der Waals surface area contributed by atoms with Gasteiger partial charge in [-0.2, -0.15) is 0 Å². The summed E-state index contributed by atoms with van der Waals surface area (Å²) in [6, 6.07) is 9.23. The lowest BCUT2D eigenvalue weighted by atomic mass is 9.87. The molecular weight excluding hydrogens is 374 g/mol. The molecule has 0 unspecified atom stereocenters. The molecular formula is C25H41N3O2. The molecule has 2 amide bonds. The number of ether oxygens (including phenoxy) is 1. The Labute approximate surface area is 183 Å². The van der Waals surface area contributed by atoms with E-state index >= 15 is 0 Å². The fraction of sp³-hybridized carbons (Fsp3) is 0.720. The van der Waals surface area contributed by atoms with Gasteiger partial charge >= 0.3 is 6.03 Å². The molecule has 0 bridgehead atoms. The molecule has 3 rings (SSSR count). The first-order valence-electron chi connectivity index (χ1n) is 11.9. The second-order valence-corrected chi connectivity index (χ2v) is 9.96. The summed E-state index contributed by atoms with van der Waals surface area (Å²) in [5.41, 5.74) is 2.68. The van der Waals surface area contributed by atoms with Crippen molar-refractivity contribution in [2.45, 2.75) is 77.3 Å². The Morgan fingerprint density at radius 1 is 1.10 bits per heavy atom. The van der Waals surface area contributed by atoms with Crippen LogP contribution in [0.1, 0.15) is 70.4 Å². The van der Waals surface area contributed by atoms with Gasteiger partial charge in [-0.1, -0.05) is 64.3 Å². The summed E-state index contributed by atoms with van der Waals surface area (Å²) in [6.45, 7) is 12.8. The first-order valence-corrected chi connectivity index (χ1v) is 11.9. The maximum absolute atomic E-state index is 13.1. The predicted molar refractivity (Wildman–Crippen MR) is 123 cm³/mol. The number of urea groups is 1. The highest BCUT2D eigenvalue weighted by Gasteiger charge is 2.21. The van der Waals surface area contributed by atoms with E-state index in [4.69, 9.17) is 4.74 Å². The van der Waals surface area contributed by atoms with Gasteiger partial charge in [-0.05, 0) is 35.8 Å². The first-order chi connectivity index (χ1) is 14.4. The SMILES string of the molecule is CC(C)(C)c1ccc(CN(CCCN2CCOCC2)C(=O)NC2CCCCC2)cc1. The van der Waals surface area contributed by atoms with Crippen LogP contribution >= 0.6 is 0 Å². The summed E-state index contributed by atoms with van der Waals surface area (Å²) in [5.74, 6) is 0. The zero-order valence-corrected chi connectivity index (χ0v) is 19.3. The molecule has 1 aromatic carbocycles. The largest absolute Gasteiger partial charge is 0.379 e. The third-order valence-electron chi connectivity index (χ3n) is 6.42. The van der Waals surface area contributed by atoms with E-state index in [1.165, 1.54) is 30.4 Å². The molecule has 2 fully saturated rings. The van der Waals surface area contributed by atoms with Gasteiger partial charge in [0, 0.05) is 38.8 Å². The van der Waals surface area contributed by atoms with Crippen molar-refractivity contribution in [3.8, 4) is 0 Å². The number of amides is 2. The van der Waals surface area contributed by atoms with Gasteiger partial charge in [0.2, 0.25) is 0 Å². The Kier molecular flexibility index (Phi) is 8.58. The molecule has 1 aliphatic carbocycles. The Morgan fingerprint density at radius 3 is 2.40 bits per heavy atom. The smallest absolute Gasteiger partial charge is 0.317 e. The molecule has 0 radical (unpaired) electrons. The molecule has 0 atom stereocenters. The molecule has 5 nitrogen and oxygen atoms in total. The van der Waals surface area contributed by atoms with Crippen LogP contribution in [0.25, 0.3) is 0 Å². The summed E-state index contributed by atoms with van der Waals surface area (Å²) in [5, 5.41) is 3.32. The molecule has 1 aromatic rings. The third kappa shape index (κ3) is 7.28. The lowest BCUT2D eigenvalue weighted by molar-refractivity contribution is 0.0364. The molecule has 5 heteroatoms. The zero-order chi connectivity index (χ0) is 21.4. The van der Waals surface area contributed by atoms with E-state index in [2.05, 4.69) is 55.3 Å². The Morgan fingerprint density at radius 2 is 1.77 bits per heavy atom. The van der Waals surface area contributed by atoms with E-state index in [0.717, 1.165) is 58.7 Å². The summed E-state index contributed by atoms with van der Waals surface area (Å²) < 4.78 is 5.45. The van der Waals surface area contributed by atoms with E-state index in [-0.39, 0.29) is 11.4 Å². The molecule has 1 heterocycles. The molecule has 1 saturated carbocycles. The highest BCUT2D eigenvalue weighted by atomic mass is 16.5. The predicted octanol–water partition coefficient (Wildman–Crippen LogP) is 4.55. The van der Waals surface area contributed by atoms with Crippen molar-refractivity contribution in [2.24, 2.45) is 0 Å². The Balaban J connectivity index is 1.59. The quantitative estimate of drug-likeness (QED) is 0.710. The third-order valence-corrected chi connectivity index (χ3v) is 6.42. The second kappa shape index (κ2) is 11.1. The number of morpholine rings is 1. The van der Waals surface area contributed by atoms with E-state index in [0.29, 0.717) is 12.6 Å². The molecule has 30 heavy (non-hydrogen) atoms. The Hall–Kier alpha value is -1.59. The van der Waals surface area contributed by atoms with Crippen molar-refractivity contribution in [1.29, 1.82) is 0 Å². The molecule has 2 aliphatic rings. The van der Waals surface area contributed by atoms with Crippen LogP contribution in [-0.4, -0.2) is 61.3 Å². The molecule has 168 valence electrons. The number of hydrogen-bond acceptors (Lipinski definition) is 3. The summed E-state index contributed by atoms with van der Waals surface area (Å²) in [6.07, 6.45) is 7.00. The van der Waals surface area contributed by atoms with Crippen LogP contribution in [0, 0.1) is 0 Å². The van der Waals surface area contributed by atoms with Gasteiger partial charge < -0.3 is 15.0 Å². The number of benzene rings is 1. The number of carbonyl (C=O) groups is 1. The average Bonchev–Trinajstić information content (AvgIpc) is 2.74. The molecule has 0 spiro atoms. The number of nitrogens with zero attached hydrogens (tertiary/aromatic N) is 2. The molecule has 0 aromatic heterocycles. The summed E-state index contributed by atoms with van der Waals surface area (Å²) in [7, 11) is 0. The Bertz CT molecular complexity index is 641. The number of rotatable bonds is 7. The monoisotopic (exact) mass is 415 g/mol. The van der Waals surface area contributed by atoms with Crippen LogP contribution in [0.15, 0.2) is 24.3 Å². The zero-order valence-electron chi connectivity index (χ0n) is 19.3. The van der Waals surface area contributed by atoms with Crippen molar-refractivity contribution < 1.29 is 9.53 Å². The summed E-state index contributed by atoms with van der Waals surface area (Å²) >= 11 is 0. The van der Waals surface area contributed by atoms with Gasteiger partial charge in [-0.25, -0.2) is 4.79 Å². The topological polar surface area (TPSA) is 44.8 Å². The second-order valence-electron chi connectivity index (χ2n) is 9.96. The fourth-order valence-electron chi connectivity index (χ4n) is 4.41. The van der Waals surface area contributed by atoms with E-state index in [9.17, 15) is 4.79 Å². The number of nitrogens with one attached hydrogen (secondary N) is 1. The standard InChI is InChI=1S/C25H41N3O2/c1-25(2,3)22-12-10-21(11-13-22)20-28(15-7-14-27-16-18-30-19-17-27)24(29)26-23-8-5-4-6-9-23/h10-13,23H,4-9,14-20H2,1-3H3,(H,26,29). The minimum atomic E-state index is 0.101.